The minimum atomic E-state index is -0.137. The van der Waals surface area contributed by atoms with E-state index in [1.807, 2.05) is 18.2 Å². The number of amides is 1. The highest BCUT2D eigenvalue weighted by Crippen LogP contribution is 2.21. The number of hydrogen-bond donors (Lipinski definition) is 2. The summed E-state index contributed by atoms with van der Waals surface area (Å²) in [5.74, 6) is 0.395. The zero-order chi connectivity index (χ0) is 12.4. The summed E-state index contributed by atoms with van der Waals surface area (Å²) in [5, 5.41) is 2.62. The molecule has 6 heteroatoms. The summed E-state index contributed by atoms with van der Waals surface area (Å²) in [7, 11) is 0. The maximum absolute atomic E-state index is 11.3. The van der Waals surface area contributed by atoms with Crippen LogP contribution in [-0.4, -0.2) is 15.9 Å². The van der Waals surface area contributed by atoms with E-state index < -0.39 is 0 Å². The fourth-order valence-corrected chi connectivity index (χ4v) is 1.70. The Labute approximate surface area is 107 Å². The van der Waals surface area contributed by atoms with Crippen LogP contribution in [0.15, 0.2) is 22.7 Å². The number of carbonyl (C=O) groups excluding carboxylic acids is 1. The molecule has 0 aliphatic heterocycles. The Balaban J connectivity index is 2.48. The van der Waals surface area contributed by atoms with E-state index in [1.54, 1.807) is 6.92 Å². The number of rotatable bonds is 2. The molecule has 3 N–H and O–H groups in total. The Morgan fingerprint density at radius 1 is 1.41 bits per heavy atom. The lowest BCUT2D eigenvalue weighted by Crippen LogP contribution is -2.13. The minimum absolute atomic E-state index is 0.137. The van der Waals surface area contributed by atoms with Gasteiger partial charge in [-0.3, -0.25) is 4.79 Å². The van der Waals surface area contributed by atoms with Crippen molar-refractivity contribution in [2.45, 2.75) is 13.3 Å². The molecule has 0 radical (unpaired) electrons. The van der Waals surface area contributed by atoms with Crippen molar-refractivity contribution in [3.63, 3.8) is 0 Å². The highest BCUT2D eigenvalue weighted by Gasteiger charge is 2.08. The van der Waals surface area contributed by atoms with Crippen molar-refractivity contribution in [3.05, 3.63) is 22.7 Å². The number of halogens is 1. The number of carbonyl (C=O) groups is 1. The molecule has 0 atom stereocenters. The molecule has 2 rings (SSSR count). The van der Waals surface area contributed by atoms with Crippen molar-refractivity contribution in [1.29, 1.82) is 0 Å². The lowest BCUT2D eigenvalue weighted by molar-refractivity contribution is -0.115. The van der Waals surface area contributed by atoms with Gasteiger partial charge in [0.05, 0.1) is 11.0 Å². The van der Waals surface area contributed by atoms with Crippen LogP contribution < -0.4 is 11.1 Å². The van der Waals surface area contributed by atoms with Crippen LogP contribution in [0.1, 0.15) is 13.3 Å². The van der Waals surface area contributed by atoms with Crippen molar-refractivity contribution < 1.29 is 4.79 Å². The van der Waals surface area contributed by atoms with Gasteiger partial charge < -0.3 is 11.1 Å². The zero-order valence-electron chi connectivity index (χ0n) is 9.20. The van der Waals surface area contributed by atoms with Crippen molar-refractivity contribution >= 4 is 44.5 Å². The number of anilines is 2. The predicted molar refractivity (Wildman–Crippen MR) is 70.6 cm³/mol. The lowest BCUT2D eigenvalue weighted by Gasteiger charge is -2.07. The molecule has 0 saturated carbocycles. The second kappa shape index (κ2) is 4.67. The fraction of sp³-hybridized carbons (Fsp3) is 0.182. The smallest absolute Gasteiger partial charge is 0.225 e. The molecule has 0 aliphatic rings. The highest BCUT2D eigenvalue weighted by atomic mass is 79.9. The molecule has 5 nitrogen and oxygen atoms in total. The Morgan fingerprint density at radius 2 is 2.18 bits per heavy atom. The van der Waals surface area contributed by atoms with Gasteiger partial charge in [-0.25, -0.2) is 9.97 Å². The molecule has 0 unspecified atom stereocenters. The lowest BCUT2D eigenvalue weighted by atomic mass is 10.3. The first-order valence-electron chi connectivity index (χ1n) is 5.12. The van der Waals surface area contributed by atoms with E-state index in [1.165, 1.54) is 0 Å². The summed E-state index contributed by atoms with van der Waals surface area (Å²) < 4.78 is 0.907. The van der Waals surface area contributed by atoms with Gasteiger partial charge in [-0.15, -0.1) is 0 Å². The summed E-state index contributed by atoms with van der Waals surface area (Å²) in [6, 6.07) is 5.50. The zero-order valence-corrected chi connectivity index (χ0v) is 10.8. The second-order valence-corrected chi connectivity index (χ2v) is 4.41. The van der Waals surface area contributed by atoms with Gasteiger partial charge >= 0.3 is 0 Å². The number of nitrogen functional groups attached to an aromatic ring is 1. The highest BCUT2D eigenvalue weighted by molar-refractivity contribution is 9.10. The Morgan fingerprint density at radius 3 is 2.88 bits per heavy atom. The summed E-state index contributed by atoms with van der Waals surface area (Å²) in [5.41, 5.74) is 7.11. The molecule has 0 spiro atoms. The van der Waals surface area contributed by atoms with Crippen LogP contribution >= 0.6 is 15.9 Å². The van der Waals surface area contributed by atoms with E-state index in [-0.39, 0.29) is 11.7 Å². The van der Waals surface area contributed by atoms with Crippen molar-refractivity contribution in [3.8, 4) is 0 Å². The first-order chi connectivity index (χ1) is 8.10. The van der Waals surface area contributed by atoms with Crippen molar-refractivity contribution in [1.82, 2.24) is 9.97 Å². The van der Waals surface area contributed by atoms with Crippen LogP contribution in [0.4, 0.5) is 11.6 Å². The van der Waals surface area contributed by atoms with Gasteiger partial charge in [0.1, 0.15) is 0 Å². The summed E-state index contributed by atoms with van der Waals surface area (Å²) in [6.45, 7) is 1.76. The number of nitrogens with zero attached hydrogens (tertiary/aromatic N) is 2. The van der Waals surface area contributed by atoms with Gasteiger partial charge in [-0.2, -0.15) is 0 Å². The Bertz CT molecular complexity index is 585. The van der Waals surface area contributed by atoms with Crippen LogP contribution in [0.3, 0.4) is 0 Å². The van der Waals surface area contributed by atoms with Crippen LogP contribution in [0.25, 0.3) is 11.0 Å². The molecular weight excluding hydrogens is 284 g/mol. The maximum atomic E-state index is 11.3. The van der Waals surface area contributed by atoms with Crippen molar-refractivity contribution in [2.75, 3.05) is 11.1 Å². The number of benzene rings is 1. The monoisotopic (exact) mass is 294 g/mol. The standard InChI is InChI=1S/C11H11BrN4O/c1-2-9(17)16-11-10(13)14-8-5-6(12)3-4-7(8)15-11/h3-5H,2H2,1H3,(H2,13,14)(H,15,16,17). The predicted octanol–water partition coefficient (Wildman–Crippen LogP) is 2.32. The molecule has 1 heterocycles. The number of nitrogens with one attached hydrogen (secondary N) is 1. The number of nitrogens with two attached hydrogens (primary N) is 1. The SMILES string of the molecule is CCC(=O)Nc1nc2ccc(Br)cc2nc1N. The average Bonchev–Trinajstić information content (AvgIpc) is 2.30. The molecular formula is C11H11BrN4O. The molecule has 0 fully saturated rings. The second-order valence-electron chi connectivity index (χ2n) is 3.49. The van der Waals surface area contributed by atoms with Gasteiger partial charge in [0.2, 0.25) is 5.91 Å². The van der Waals surface area contributed by atoms with Gasteiger partial charge in [0.15, 0.2) is 11.6 Å². The fourth-order valence-electron chi connectivity index (χ4n) is 1.35. The van der Waals surface area contributed by atoms with Crippen molar-refractivity contribution in [2.24, 2.45) is 0 Å². The van der Waals surface area contributed by atoms with E-state index in [0.717, 1.165) is 4.47 Å². The Kier molecular flexibility index (Phi) is 3.23. The van der Waals surface area contributed by atoms with E-state index in [2.05, 4.69) is 31.2 Å². The topological polar surface area (TPSA) is 80.9 Å². The van der Waals surface area contributed by atoms with Gasteiger partial charge in [0.25, 0.3) is 0 Å². The molecule has 88 valence electrons. The number of hydrogen-bond acceptors (Lipinski definition) is 4. The molecule has 17 heavy (non-hydrogen) atoms. The summed E-state index contributed by atoms with van der Waals surface area (Å²) in [6.07, 6.45) is 0.374. The molecule has 1 amide bonds. The first-order valence-corrected chi connectivity index (χ1v) is 5.92. The quantitative estimate of drug-likeness (QED) is 0.891. The third-order valence-corrected chi connectivity index (χ3v) is 2.73. The van der Waals surface area contributed by atoms with Crippen LogP contribution in [0, 0.1) is 0 Å². The third kappa shape index (κ3) is 2.52. The number of fused-ring (bicyclic) bond motifs is 1. The van der Waals surface area contributed by atoms with Crippen LogP contribution in [0.2, 0.25) is 0 Å². The van der Waals surface area contributed by atoms with Gasteiger partial charge in [-0.1, -0.05) is 22.9 Å². The van der Waals surface area contributed by atoms with E-state index in [0.29, 0.717) is 23.3 Å². The van der Waals surface area contributed by atoms with E-state index in [4.69, 9.17) is 5.73 Å². The molecule has 1 aromatic heterocycles. The summed E-state index contributed by atoms with van der Waals surface area (Å²) in [4.78, 5) is 19.7. The van der Waals surface area contributed by atoms with Crippen LogP contribution in [-0.2, 0) is 4.79 Å². The minimum Gasteiger partial charge on any atom is -0.381 e. The number of aromatic nitrogens is 2. The van der Waals surface area contributed by atoms with E-state index >= 15 is 0 Å². The molecule has 0 bridgehead atoms. The largest absolute Gasteiger partial charge is 0.381 e. The molecule has 2 aromatic rings. The first kappa shape index (κ1) is 11.8. The van der Waals surface area contributed by atoms with Gasteiger partial charge in [-0.05, 0) is 18.2 Å². The molecule has 1 aromatic carbocycles. The average molecular weight is 295 g/mol. The molecule has 0 saturated heterocycles. The summed E-state index contributed by atoms with van der Waals surface area (Å²) >= 11 is 3.35. The Hall–Kier alpha value is -1.69. The third-order valence-electron chi connectivity index (χ3n) is 2.23. The van der Waals surface area contributed by atoms with E-state index in [9.17, 15) is 4.79 Å². The normalized spacial score (nSPS) is 10.5. The van der Waals surface area contributed by atoms with Gasteiger partial charge in [0, 0.05) is 10.9 Å². The van der Waals surface area contributed by atoms with Crippen LogP contribution in [0.5, 0.6) is 0 Å². The maximum Gasteiger partial charge on any atom is 0.225 e. The molecule has 0 aliphatic carbocycles.